The zero-order valence-electron chi connectivity index (χ0n) is 12.6. The van der Waals surface area contributed by atoms with Crippen LogP contribution < -0.4 is 5.32 Å². The van der Waals surface area contributed by atoms with Crippen LogP contribution in [0.2, 0.25) is 0 Å². The second-order valence-electron chi connectivity index (χ2n) is 6.31. The molecule has 4 rings (SSSR count). The molecular formula is C20H21NO. The van der Waals surface area contributed by atoms with Crippen molar-refractivity contribution in [1.82, 2.24) is 5.32 Å². The van der Waals surface area contributed by atoms with E-state index in [9.17, 15) is 5.11 Å². The maximum Gasteiger partial charge on any atom is 0.0805 e. The Balaban J connectivity index is 1.73. The van der Waals surface area contributed by atoms with Crippen molar-refractivity contribution in [3.05, 3.63) is 60.2 Å². The van der Waals surface area contributed by atoms with E-state index >= 15 is 0 Å². The maximum atomic E-state index is 10.6. The second kappa shape index (κ2) is 5.71. The number of aliphatic hydroxyl groups is 1. The molecule has 2 unspecified atom stereocenters. The summed E-state index contributed by atoms with van der Waals surface area (Å²) in [6, 6.07) is 19.6. The molecule has 2 nitrogen and oxygen atoms in total. The predicted octanol–water partition coefficient (Wildman–Crippen LogP) is 4.17. The summed E-state index contributed by atoms with van der Waals surface area (Å²) in [5.41, 5.74) is 1.03. The molecular weight excluding hydrogens is 270 g/mol. The first-order chi connectivity index (χ1) is 10.8. The Hall–Kier alpha value is -1.90. The lowest BCUT2D eigenvalue weighted by Crippen LogP contribution is -2.23. The van der Waals surface area contributed by atoms with Gasteiger partial charge < -0.3 is 10.4 Å². The number of nitrogens with one attached hydrogen (secondary N) is 1. The normalized spacial score (nSPS) is 19.8. The Morgan fingerprint density at radius 2 is 1.77 bits per heavy atom. The monoisotopic (exact) mass is 291 g/mol. The van der Waals surface area contributed by atoms with E-state index < -0.39 is 0 Å². The highest BCUT2D eigenvalue weighted by Crippen LogP contribution is 2.29. The molecule has 0 aromatic heterocycles. The molecule has 1 heterocycles. The first-order valence-electron chi connectivity index (χ1n) is 8.14. The van der Waals surface area contributed by atoms with Crippen molar-refractivity contribution in [3.8, 4) is 0 Å². The van der Waals surface area contributed by atoms with Crippen LogP contribution in [-0.4, -0.2) is 17.7 Å². The molecule has 22 heavy (non-hydrogen) atoms. The molecule has 1 saturated heterocycles. The predicted molar refractivity (Wildman–Crippen MR) is 92.1 cm³/mol. The summed E-state index contributed by atoms with van der Waals surface area (Å²) in [5, 5.41) is 19.0. The van der Waals surface area contributed by atoms with Gasteiger partial charge in [0, 0.05) is 6.04 Å². The highest BCUT2D eigenvalue weighted by atomic mass is 16.3. The molecule has 0 saturated carbocycles. The molecule has 0 amide bonds. The van der Waals surface area contributed by atoms with Gasteiger partial charge in [0.15, 0.2) is 0 Å². The van der Waals surface area contributed by atoms with Gasteiger partial charge in [0.2, 0.25) is 0 Å². The summed E-state index contributed by atoms with van der Waals surface area (Å²) >= 11 is 0. The highest BCUT2D eigenvalue weighted by molar-refractivity contribution is 6.07. The molecule has 0 aliphatic carbocycles. The molecule has 0 bridgehead atoms. The van der Waals surface area contributed by atoms with Gasteiger partial charge in [-0.3, -0.25) is 0 Å². The van der Waals surface area contributed by atoms with E-state index in [2.05, 4.69) is 59.9 Å². The van der Waals surface area contributed by atoms with Crippen molar-refractivity contribution in [2.75, 3.05) is 6.54 Å². The minimum atomic E-state index is -0.390. The van der Waals surface area contributed by atoms with Crippen molar-refractivity contribution >= 4 is 21.5 Å². The number of benzene rings is 3. The summed E-state index contributed by atoms with van der Waals surface area (Å²) in [7, 11) is 0. The molecule has 2 atom stereocenters. The number of aliphatic hydroxyl groups excluding tert-OH is 1. The van der Waals surface area contributed by atoms with E-state index in [4.69, 9.17) is 0 Å². The summed E-state index contributed by atoms with van der Waals surface area (Å²) in [6.45, 7) is 1.08. The highest BCUT2D eigenvalue weighted by Gasteiger charge is 2.19. The van der Waals surface area contributed by atoms with E-state index in [1.165, 1.54) is 34.4 Å². The number of hydrogen-bond acceptors (Lipinski definition) is 2. The third kappa shape index (κ3) is 2.49. The molecule has 0 spiro atoms. The third-order valence-corrected chi connectivity index (χ3v) is 4.83. The van der Waals surface area contributed by atoms with Crippen molar-refractivity contribution in [3.63, 3.8) is 0 Å². The van der Waals surface area contributed by atoms with E-state index in [0.29, 0.717) is 6.04 Å². The zero-order valence-corrected chi connectivity index (χ0v) is 12.6. The number of fused-ring (bicyclic) bond motifs is 3. The Morgan fingerprint density at radius 3 is 2.59 bits per heavy atom. The Labute approximate surface area is 130 Å². The van der Waals surface area contributed by atoms with Gasteiger partial charge in [0.1, 0.15) is 0 Å². The summed E-state index contributed by atoms with van der Waals surface area (Å²) in [6.07, 6.45) is 2.81. The molecule has 3 aromatic carbocycles. The van der Waals surface area contributed by atoms with E-state index in [-0.39, 0.29) is 6.10 Å². The second-order valence-corrected chi connectivity index (χ2v) is 6.31. The smallest absolute Gasteiger partial charge is 0.0805 e. The SMILES string of the molecule is OC(CC1CCCN1)c1ccc2ccc3ccccc3c2c1. The lowest BCUT2D eigenvalue weighted by molar-refractivity contribution is 0.155. The van der Waals surface area contributed by atoms with Gasteiger partial charge in [-0.2, -0.15) is 0 Å². The molecule has 1 aliphatic rings. The summed E-state index contributed by atoms with van der Waals surface area (Å²) in [4.78, 5) is 0. The van der Waals surface area contributed by atoms with Gasteiger partial charge in [-0.25, -0.2) is 0 Å². The molecule has 3 aromatic rings. The third-order valence-electron chi connectivity index (χ3n) is 4.83. The lowest BCUT2D eigenvalue weighted by atomic mass is 9.96. The standard InChI is InChI=1S/C20H21NO/c22-20(13-17-5-3-11-21-17)16-10-9-15-8-7-14-4-1-2-6-18(14)19(15)12-16/h1-2,4,6-10,12,17,20-22H,3,5,11,13H2. The summed E-state index contributed by atoms with van der Waals surface area (Å²) in [5.74, 6) is 0. The summed E-state index contributed by atoms with van der Waals surface area (Å²) < 4.78 is 0. The first-order valence-corrected chi connectivity index (χ1v) is 8.14. The first kappa shape index (κ1) is 13.7. The van der Waals surface area contributed by atoms with Crippen LogP contribution >= 0.6 is 0 Å². The quantitative estimate of drug-likeness (QED) is 0.710. The van der Waals surface area contributed by atoms with Gasteiger partial charge in [0.25, 0.3) is 0 Å². The van der Waals surface area contributed by atoms with Crippen molar-refractivity contribution in [2.45, 2.75) is 31.4 Å². The van der Waals surface area contributed by atoms with E-state index in [1.54, 1.807) is 0 Å². The van der Waals surface area contributed by atoms with Crippen molar-refractivity contribution in [1.29, 1.82) is 0 Å². The molecule has 2 N–H and O–H groups in total. The van der Waals surface area contributed by atoms with Crippen LogP contribution in [0.15, 0.2) is 54.6 Å². The Bertz CT molecular complexity index is 805. The number of rotatable bonds is 3. The largest absolute Gasteiger partial charge is 0.388 e. The maximum absolute atomic E-state index is 10.6. The zero-order chi connectivity index (χ0) is 14.9. The molecule has 1 aliphatic heterocycles. The van der Waals surface area contributed by atoms with Crippen molar-refractivity contribution in [2.24, 2.45) is 0 Å². The van der Waals surface area contributed by atoms with Crippen LogP contribution in [0.4, 0.5) is 0 Å². The van der Waals surface area contributed by atoms with E-state index in [0.717, 1.165) is 18.5 Å². The topological polar surface area (TPSA) is 32.3 Å². The van der Waals surface area contributed by atoms with Crippen molar-refractivity contribution < 1.29 is 5.11 Å². The molecule has 1 fully saturated rings. The number of hydrogen-bond donors (Lipinski definition) is 2. The van der Waals surface area contributed by atoms with Crippen LogP contribution in [0.25, 0.3) is 21.5 Å². The minimum Gasteiger partial charge on any atom is -0.388 e. The van der Waals surface area contributed by atoms with E-state index in [1.807, 2.05) is 0 Å². The fourth-order valence-corrected chi connectivity index (χ4v) is 3.59. The van der Waals surface area contributed by atoms with Gasteiger partial charge in [-0.05, 0) is 59.0 Å². The van der Waals surface area contributed by atoms with Gasteiger partial charge in [0.05, 0.1) is 6.10 Å². The molecule has 0 radical (unpaired) electrons. The van der Waals surface area contributed by atoms with Crippen LogP contribution in [-0.2, 0) is 0 Å². The minimum absolute atomic E-state index is 0.390. The van der Waals surface area contributed by atoms with Crippen LogP contribution in [0.1, 0.15) is 30.9 Å². The molecule has 2 heteroatoms. The van der Waals surface area contributed by atoms with Crippen LogP contribution in [0, 0.1) is 0 Å². The van der Waals surface area contributed by atoms with Crippen LogP contribution in [0.5, 0.6) is 0 Å². The van der Waals surface area contributed by atoms with Gasteiger partial charge in [-0.1, -0.05) is 48.5 Å². The fourth-order valence-electron chi connectivity index (χ4n) is 3.59. The molecule has 112 valence electrons. The Kier molecular flexibility index (Phi) is 3.57. The van der Waals surface area contributed by atoms with Crippen LogP contribution in [0.3, 0.4) is 0 Å². The van der Waals surface area contributed by atoms with Gasteiger partial charge >= 0.3 is 0 Å². The average Bonchev–Trinajstić information content (AvgIpc) is 3.07. The van der Waals surface area contributed by atoms with Gasteiger partial charge in [-0.15, -0.1) is 0 Å². The Morgan fingerprint density at radius 1 is 1.00 bits per heavy atom. The fraction of sp³-hybridized carbons (Fsp3) is 0.300. The lowest BCUT2D eigenvalue weighted by Gasteiger charge is -2.17. The average molecular weight is 291 g/mol.